The Bertz CT molecular complexity index is 946. The third-order valence-corrected chi connectivity index (χ3v) is 3.84. The third-order valence-electron chi connectivity index (χ3n) is 3.84. The van der Waals surface area contributed by atoms with Gasteiger partial charge in [0.15, 0.2) is 23.9 Å². The van der Waals surface area contributed by atoms with Gasteiger partial charge in [-0.3, -0.25) is 4.79 Å². The fourth-order valence-electron chi connectivity index (χ4n) is 2.51. The number of carbonyl (C=O) groups is 2. The number of phenolic OH excluding ortho intramolecular Hbond substituents is 1. The van der Waals surface area contributed by atoms with Crippen molar-refractivity contribution in [3.63, 3.8) is 0 Å². The summed E-state index contributed by atoms with van der Waals surface area (Å²) in [7, 11) is 1.38. The molecule has 1 N–H and O–H groups in total. The van der Waals surface area contributed by atoms with Crippen molar-refractivity contribution >= 4 is 22.5 Å². The van der Waals surface area contributed by atoms with Crippen LogP contribution in [0.1, 0.15) is 20.7 Å². The zero-order valence-corrected chi connectivity index (χ0v) is 13.6. The number of benzene rings is 3. The number of carbonyl (C=O) groups excluding carboxylic acids is 2. The monoisotopic (exact) mass is 336 g/mol. The Balaban J connectivity index is 1.72. The quantitative estimate of drug-likeness (QED) is 0.569. The van der Waals surface area contributed by atoms with Crippen LogP contribution in [0.4, 0.5) is 0 Å². The van der Waals surface area contributed by atoms with E-state index in [0.717, 1.165) is 10.8 Å². The zero-order valence-electron chi connectivity index (χ0n) is 13.6. The molecule has 0 aliphatic heterocycles. The summed E-state index contributed by atoms with van der Waals surface area (Å²) >= 11 is 0. The van der Waals surface area contributed by atoms with E-state index in [2.05, 4.69) is 0 Å². The van der Waals surface area contributed by atoms with Gasteiger partial charge in [-0.1, -0.05) is 42.5 Å². The molecule has 0 spiro atoms. The second-order valence-corrected chi connectivity index (χ2v) is 5.42. The highest BCUT2D eigenvalue weighted by Gasteiger charge is 2.18. The highest BCUT2D eigenvalue weighted by Crippen LogP contribution is 2.29. The maximum atomic E-state index is 12.3. The van der Waals surface area contributed by atoms with Gasteiger partial charge in [-0.2, -0.15) is 0 Å². The molecule has 0 bridgehead atoms. The van der Waals surface area contributed by atoms with Crippen molar-refractivity contribution < 1.29 is 24.2 Å². The van der Waals surface area contributed by atoms with E-state index < -0.39 is 12.6 Å². The number of fused-ring (bicyclic) bond motifs is 1. The van der Waals surface area contributed by atoms with Gasteiger partial charge < -0.3 is 14.6 Å². The first-order chi connectivity index (χ1) is 12.1. The Morgan fingerprint density at radius 1 is 0.960 bits per heavy atom. The average molecular weight is 336 g/mol. The molecule has 0 atom stereocenters. The molecule has 3 rings (SSSR count). The number of esters is 1. The molecule has 0 fully saturated rings. The molecule has 5 heteroatoms. The standard InChI is InChI=1S/C20H16O5/c1-24-18-8-4-7-16(19(18)22)20(23)25-12-17(21)15-10-9-13-5-2-3-6-14(13)11-15/h2-11,22H,12H2,1H3. The molecule has 0 unspecified atom stereocenters. The van der Waals surface area contributed by atoms with Crippen LogP contribution in [0.3, 0.4) is 0 Å². The molecule has 0 aliphatic carbocycles. The first kappa shape index (κ1) is 16.5. The second-order valence-electron chi connectivity index (χ2n) is 5.42. The lowest BCUT2D eigenvalue weighted by Crippen LogP contribution is -2.14. The number of rotatable bonds is 5. The SMILES string of the molecule is COc1cccc(C(=O)OCC(=O)c2ccc3ccccc3c2)c1O. The Kier molecular flexibility index (Phi) is 4.66. The lowest BCUT2D eigenvalue weighted by atomic mass is 10.0. The fourth-order valence-corrected chi connectivity index (χ4v) is 2.51. The van der Waals surface area contributed by atoms with Crippen LogP contribution in [0.5, 0.6) is 11.5 Å². The number of para-hydroxylation sites is 1. The van der Waals surface area contributed by atoms with Crippen LogP contribution >= 0.6 is 0 Å². The normalized spacial score (nSPS) is 10.4. The minimum absolute atomic E-state index is 0.0503. The molecule has 0 saturated heterocycles. The molecule has 3 aromatic rings. The number of ketones is 1. The van der Waals surface area contributed by atoms with Crippen molar-refractivity contribution in [3.05, 3.63) is 71.8 Å². The van der Waals surface area contributed by atoms with Crippen LogP contribution in [-0.2, 0) is 4.74 Å². The molecular weight excluding hydrogens is 320 g/mol. The number of hydrogen-bond acceptors (Lipinski definition) is 5. The van der Waals surface area contributed by atoms with E-state index in [1.54, 1.807) is 18.2 Å². The van der Waals surface area contributed by atoms with Crippen LogP contribution in [0, 0.1) is 0 Å². The first-order valence-electron chi connectivity index (χ1n) is 7.65. The number of methoxy groups -OCH3 is 1. The molecule has 126 valence electrons. The van der Waals surface area contributed by atoms with Gasteiger partial charge in [-0.05, 0) is 29.0 Å². The van der Waals surface area contributed by atoms with Gasteiger partial charge in [-0.15, -0.1) is 0 Å². The van der Waals surface area contributed by atoms with Crippen molar-refractivity contribution in [3.8, 4) is 11.5 Å². The molecule has 0 saturated carbocycles. The van der Waals surface area contributed by atoms with E-state index in [-0.39, 0.29) is 22.8 Å². The predicted octanol–water partition coefficient (Wildman–Crippen LogP) is 3.59. The minimum Gasteiger partial charge on any atom is -0.504 e. The average Bonchev–Trinajstić information content (AvgIpc) is 2.65. The summed E-state index contributed by atoms with van der Waals surface area (Å²) in [6, 6.07) is 17.5. The minimum atomic E-state index is -0.787. The first-order valence-corrected chi connectivity index (χ1v) is 7.65. The van der Waals surface area contributed by atoms with Gasteiger partial charge in [0.2, 0.25) is 0 Å². The lowest BCUT2D eigenvalue weighted by molar-refractivity contribution is 0.0471. The van der Waals surface area contributed by atoms with Gasteiger partial charge in [0, 0.05) is 5.56 Å². The second kappa shape index (κ2) is 7.05. The lowest BCUT2D eigenvalue weighted by Gasteiger charge is -2.09. The number of ether oxygens (including phenoxy) is 2. The summed E-state index contributed by atoms with van der Waals surface area (Å²) in [6.45, 7) is -0.409. The molecular formula is C20H16O5. The summed E-state index contributed by atoms with van der Waals surface area (Å²) in [6.07, 6.45) is 0. The van der Waals surface area contributed by atoms with Crippen LogP contribution in [0.15, 0.2) is 60.7 Å². The molecule has 3 aromatic carbocycles. The summed E-state index contributed by atoms with van der Waals surface area (Å²) in [5.41, 5.74) is 0.409. The smallest absolute Gasteiger partial charge is 0.342 e. The van der Waals surface area contributed by atoms with Crippen LogP contribution in [-0.4, -0.2) is 30.6 Å². The van der Waals surface area contributed by atoms with Gasteiger partial charge >= 0.3 is 5.97 Å². The van der Waals surface area contributed by atoms with Gasteiger partial charge in [0.05, 0.1) is 7.11 Å². The Morgan fingerprint density at radius 2 is 1.72 bits per heavy atom. The zero-order chi connectivity index (χ0) is 17.8. The number of hydrogen-bond donors (Lipinski definition) is 1. The third kappa shape index (κ3) is 3.45. The van der Waals surface area contributed by atoms with Crippen molar-refractivity contribution in [1.82, 2.24) is 0 Å². The van der Waals surface area contributed by atoms with Gasteiger partial charge in [-0.25, -0.2) is 4.79 Å². The van der Waals surface area contributed by atoms with Gasteiger partial charge in [0.25, 0.3) is 0 Å². The highest BCUT2D eigenvalue weighted by molar-refractivity contribution is 6.02. The Morgan fingerprint density at radius 3 is 2.48 bits per heavy atom. The van der Waals surface area contributed by atoms with E-state index >= 15 is 0 Å². The molecule has 0 heterocycles. The maximum absolute atomic E-state index is 12.3. The van der Waals surface area contributed by atoms with E-state index in [9.17, 15) is 14.7 Å². The number of phenols is 1. The molecule has 5 nitrogen and oxygen atoms in total. The topological polar surface area (TPSA) is 72.8 Å². The molecule has 0 radical (unpaired) electrons. The van der Waals surface area contributed by atoms with Crippen LogP contribution in [0.25, 0.3) is 10.8 Å². The van der Waals surface area contributed by atoms with E-state index in [0.29, 0.717) is 5.56 Å². The molecule has 0 aromatic heterocycles. The van der Waals surface area contributed by atoms with Crippen molar-refractivity contribution in [2.24, 2.45) is 0 Å². The number of aromatic hydroxyl groups is 1. The Hall–Kier alpha value is -3.34. The largest absolute Gasteiger partial charge is 0.504 e. The van der Waals surface area contributed by atoms with E-state index in [1.165, 1.54) is 19.2 Å². The van der Waals surface area contributed by atoms with Gasteiger partial charge in [0.1, 0.15) is 5.56 Å². The molecule has 0 aliphatic rings. The Labute approximate surface area is 144 Å². The highest BCUT2D eigenvalue weighted by atomic mass is 16.5. The summed E-state index contributed by atoms with van der Waals surface area (Å²) < 4.78 is 9.98. The summed E-state index contributed by atoms with van der Waals surface area (Å²) in [5.74, 6) is -1.25. The van der Waals surface area contributed by atoms with Crippen molar-refractivity contribution in [1.29, 1.82) is 0 Å². The van der Waals surface area contributed by atoms with E-state index in [4.69, 9.17) is 9.47 Å². The molecule has 0 amide bonds. The fraction of sp³-hybridized carbons (Fsp3) is 0.100. The van der Waals surface area contributed by atoms with Crippen molar-refractivity contribution in [2.45, 2.75) is 0 Å². The predicted molar refractivity (Wildman–Crippen MR) is 93.2 cm³/mol. The summed E-state index contributed by atoms with van der Waals surface area (Å²) in [5, 5.41) is 11.9. The van der Waals surface area contributed by atoms with Crippen LogP contribution in [0.2, 0.25) is 0 Å². The summed E-state index contributed by atoms with van der Waals surface area (Å²) in [4.78, 5) is 24.4. The molecule has 25 heavy (non-hydrogen) atoms. The maximum Gasteiger partial charge on any atom is 0.342 e. The van der Waals surface area contributed by atoms with Crippen LogP contribution < -0.4 is 4.74 Å². The van der Waals surface area contributed by atoms with Crippen molar-refractivity contribution in [2.75, 3.05) is 13.7 Å². The van der Waals surface area contributed by atoms with E-state index in [1.807, 2.05) is 30.3 Å². The number of Topliss-reactive ketones (excluding diaryl/α,β-unsaturated/α-hetero) is 1.